The van der Waals surface area contributed by atoms with Crippen molar-refractivity contribution in [1.29, 1.82) is 0 Å². The van der Waals surface area contributed by atoms with Crippen molar-refractivity contribution >= 4 is 12.6 Å². The van der Waals surface area contributed by atoms with Crippen LogP contribution in [0.2, 0.25) is 0 Å². The standard InChI is InChI=1S/C21H35BN2O2/c1-20(2)21(3,4)26-22(25-20)19-9-7-17(8-10-19)16-24-13-11-18(12-14-24)15-23(5)6/h7-10,18H,11-16H2,1-6H3. The summed E-state index contributed by atoms with van der Waals surface area (Å²) in [6, 6.07) is 8.78. The van der Waals surface area contributed by atoms with E-state index < -0.39 is 0 Å². The minimum absolute atomic E-state index is 0.268. The van der Waals surface area contributed by atoms with Crippen molar-refractivity contribution in [3.63, 3.8) is 0 Å². The Morgan fingerprint density at radius 1 is 1.00 bits per heavy atom. The predicted molar refractivity (Wildman–Crippen MR) is 109 cm³/mol. The van der Waals surface area contributed by atoms with E-state index in [1.165, 1.54) is 38.0 Å². The van der Waals surface area contributed by atoms with Gasteiger partial charge >= 0.3 is 7.12 Å². The Labute approximate surface area is 160 Å². The second-order valence-electron chi connectivity index (χ2n) is 9.31. The zero-order valence-electron chi connectivity index (χ0n) is 17.4. The van der Waals surface area contributed by atoms with Crippen LogP contribution in [0.5, 0.6) is 0 Å². The van der Waals surface area contributed by atoms with Crippen molar-refractivity contribution < 1.29 is 9.31 Å². The molecule has 2 aliphatic heterocycles. The molecule has 5 heteroatoms. The number of nitrogens with zero attached hydrogens (tertiary/aromatic N) is 2. The molecular formula is C21H35BN2O2. The largest absolute Gasteiger partial charge is 0.494 e. The average molecular weight is 358 g/mol. The van der Waals surface area contributed by atoms with Gasteiger partial charge in [0.05, 0.1) is 11.2 Å². The zero-order chi connectivity index (χ0) is 18.9. The molecule has 0 atom stereocenters. The van der Waals surface area contributed by atoms with Gasteiger partial charge in [-0.25, -0.2) is 0 Å². The first-order valence-corrected chi connectivity index (χ1v) is 9.98. The maximum absolute atomic E-state index is 6.15. The van der Waals surface area contributed by atoms with E-state index in [0.29, 0.717) is 0 Å². The van der Waals surface area contributed by atoms with Crippen LogP contribution in [0.15, 0.2) is 24.3 Å². The molecule has 0 spiro atoms. The third kappa shape index (κ3) is 4.51. The predicted octanol–water partition coefficient (Wildman–Crippen LogP) is 2.76. The molecule has 0 bridgehead atoms. The zero-order valence-corrected chi connectivity index (χ0v) is 17.4. The van der Waals surface area contributed by atoms with Crippen molar-refractivity contribution in [2.24, 2.45) is 5.92 Å². The Balaban J connectivity index is 1.53. The van der Waals surface area contributed by atoms with Crippen LogP contribution >= 0.6 is 0 Å². The molecule has 4 nitrogen and oxygen atoms in total. The molecule has 26 heavy (non-hydrogen) atoms. The van der Waals surface area contributed by atoms with Crippen LogP contribution in [0.4, 0.5) is 0 Å². The van der Waals surface area contributed by atoms with Gasteiger partial charge in [-0.2, -0.15) is 0 Å². The molecule has 0 unspecified atom stereocenters. The minimum atomic E-state index is -0.284. The number of benzene rings is 1. The molecule has 0 N–H and O–H groups in total. The van der Waals surface area contributed by atoms with E-state index in [2.05, 4.69) is 75.9 Å². The lowest BCUT2D eigenvalue weighted by Gasteiger charge is -2.33. The van der Waals surface area contributed by atoms with Crippen LogP contribution in [0.3, 0.4) is 0 Å². The number of likely N-dealkylation sites (tertiary alicyclic amines) is 1. The van der Waals surface area contributed by atoms with Crippen molar-refractivity contribution in [3.05, 3.63) is 29.8 Å². The lowest BCUT2D eigenvalue weighted by atomic mass is 9.79. The number of rotatable bonds is 5. The van der Waals surface area contributed by atoms with Crippen molar-refractivity contribution in [2.45, 2.75) is 58.3 Å². The van der Waals surface area contributed by atoms with Crippen LogP contribution in [-0.4, -0.2) is 61.8 Å². The smallest absolute Gasteiger partial charge is 0.399 e. The monoisotopic (exact) mass is 358 g/mol. The van der Waals surface area contributed by atoms with Crippen LogP contribution in [-0.2, 0) is 15.9 Å². The van der Waals surface area contributed by atoms with Crippen LogP contribution in [0.25, 0.3) is 0 Å². The fraction of sp³-hybridized carbons (Fsp3) is 0.714. The molecular weight excluding hydrogens is 323 g/mol. The SMILES string of the molecule is CN(C)CC1CCN(Cc2ccc(B3OC(C)(C)C(C)(C)O3)cc2)CC1. The van der Waals surface area contributed by atoms with E-state index in [1.807, 2.05) is 0 Å². The molecule has 0 amide bonds. The van der Waals surface area contributed by atoms with Gasteiger partial charge in [0.25, 0.3) is 0 Å². The van der Waals surface area contributed by atoms with Gasteiger partial charge in [-0.15, -0.1) is 0 Å². The first-order valence-electron chi connectivity index (χ1n) is 9.98. The van der Waals surface area contributed by atoms with E-state index in [9.17, 15) is 0 Å². The second-order valence-corrected chi connectivity index (χ2v) is 9.31. The number of piperidine rings is 1. The summed E-state index contributed by atoms with van der Waals surface area (Å²) in [5.74, 6) is 0.854. The Bertz CT molecular complexity index is 577. The average Bonchev–Trinajstić information content (AvgIpc) is 2.77. The molecule has 1 aromatic rings. The highest BCUT2D eigenvalue weighted by Gasteiger charge is 2.51. The summed E-state index contributed by atoms with van der Waals surface area (Å²) in [4.78, 5) is 4.89. The molecule has 1 aromatic carbocycles. The van der Waals surface area contributed by atoms with E-state index in [0.717, 1.165) is 17.9 Å². The molecule has 0 radical (unpaired) electrons. The van der Waals surface area contributed by atoms with E-state index in [1.54, 1.807) is 0 Å². The first kappa shape index (κ1) is 19.9. The summed E-state index contributed by atoms with van der Waals surface area (Å²) in [7, 11) is 4.08. The van der Waals surface area contributed by atoms with Crippen LogP contribution in [0.1, 0.15) is 46.1 Å². The van der Waals surface area contributed by atoms with Crippen molar-refractivity contribution in [1.82, 2.24) is 9.80 Å². The van der Waals surface area contributed by atoms with Crippen molar-refractivity contribution in [2.75, 3.05) is 33.7 Å². The lowest BCUT2D eigenvalue weighted by molar-refractivity contribution is 0.00578. The fourth-order valence-electron chi connectivity index (χ4n) is 3.86. The summed E-state index contributed by atoms with van der Waals surface area (Å²) in [6.45, 7) is 13.1. The molecule has 0 saturated carbocycles. The Hall–Kier alpha value is -0.875. The van der Waals surface area contributed by atoms with Crippen LogP contribution < -0.4 is 5.46 Å². The minimum Gasteiger partial charge on any atom is -0.399 e. The molecule has 0 aliphatic carbocycles. The quantitative estimate of drug-likeness (QED) is 0.756. The van der Waals surface area contributed by atoms with Gasteiger partial charge in [0.15, 0.2) is 0 Å². The highest BCUT2D eigenvalue weighted by molar-refractivity contribution is 6.62. The normalized spacial score (nSPS) is 23.7. The number of hydrogen-bond acceptors (Lipinski definition) is 4. The summed E-state index contributed by atoms with van der Waals surface area (Å²) < 4.78 is 12.3. The molecule has 2 fully saturated rings. The first-order chi connectivity index (χ1) is 12.2. The van der Waals surface area contributed by atoms with Gasteiger partial charge in [-0.05, 0) is 84.7 Å². The summed E-state index contributed by atoms with van der Waals surface area (Å²) in [6.07, 6.45) is 2.62. The van der Waals surface area contributed by atoms with E-state index >= 15 is 0 Å². The fourth-order valence-corrected chi connectivity index (χ4v) is 3.86. The maximum atomic E-state index is 6.15. The molecule has 0 aromatic heterocycles. The van der Waals surface area contributed by atoms with Crippen LogP contribution in [0, 0.1) is 5.92 Å². The number of hydrogen-bond donors (Lipinski definition) is 0. The Morgan fingerprint density at radius 3 is 2.04 bits per heavy atom. The second kappa shape index (κ2) is 7.63. The van der Waals surface area contributed by atoms with Gasteiger partial charge in [0, 0.05) is 13.1 Å². The third-order valence-corrected chi connectivity index (χ3v) is 6.24. The van der Waals surface area contributed by atoms with E-state index in [4.69, 9.17) is 9.31 Å². The highest BCUT2D eigenvalue weighted by atomic mass is 16.7. The molecule has 2 aliphatic rings. The maximum Gasteiger partial charge on any atom is 0.494 e. The lowest BCUT2D eigenvalue weighted by Crippen LogP contribution is -2.41. The van der Waals surface area contributed by atoms with E-state index in [-0.39, 0.29) is 18.3 Å². The molecule has 2 saturated heterocycles. The molecule has 2 heterocycles. The molecule has 144 valence electrons. The summed E-state index contributed by atoms with van der Waals surface area (Å²) in [5, 5.41) is 0. The van der Waals surface area contributed by atoms with Gasteiger partial charge in [-0.3, -0.25) is 4.90 Å². The third-order valence-electron chi connectivity index (χ3n) is 6.24. The van der Waals surface area contributed by atoms with Gasteiger partial charge < -0.3 is 14.2 Å². The highest BCUT2D eigenvalue weighted by Crippen LogP contribution is 2.36. The van der Waals surface area contributed by atoms with Gasteiger partial charge in [0.2, 0.25) is 0 Å². The Morgan fingerprint density at radius 2 is 1.54 bits per heavy atom. The Kier molecular flexibility index (Phi) is 5.83. The van der Waals surface area contributed by atoms with Gasteiger partial charge in [-0.1, -0.05) is 24.3 Å². The topological polar surface area (TPSA) is 24.9 Å². The van der Waals surface area contributed by atoms with Crippen molar-refractivity contribution in [3.8, 4) is 0 Å². The molecule has 3 rings (SSSR count). The summed E-state index contributed by atoms with van der Waals surface area (Å²) >= 11 is 0. The summed E-state index contributed by atoms with van der Waals surface area (Å²) in [5.41, 5.74) is 1.91. The van der Waals surface area contributed by atoms with Gasteiger partial charge in [0.1, 0.15) is 0 Å².